The first-order valence-corrected chi connectivity index (χ1v) is 9.32. The zero-order chi connectivity index (χ0) is 18.2. The van der Waals surface area contributed by atoms with Crippen molar-refractivity contribution in [3.05, 3.63) is 83.2 Å². The van der Waals surface area contributed by atoms with E-state index in [9.17, 15) is 4.79 Å². The molecule has 4 heteroatoms. The third-order valence-corrected chi connectivity index (χ3v) is 5.44. The summed E-state index contributed by atoms with van der Waals surface area (Å²) < 4.78 is 5.45. The number of pyridine rings is 1. The zero-order valence-corrected chi connectivity index (χ0v) is 15.0. The minimum atomic E-state index is 0.0664. The third kappa shape index (κ3) is 2.82. The largest absolute Gasteiger partial charge is 0.377 e. The van der Waals surface area contributed by atoms with Gasteiger partial charge in [-0.25, -0.2) is 0 Å². The summed E-state index contributed by atoms with van der Waals surface area (Å²) in [5, 5.41) is 2.14. The van der Waals surface area contributed by atoms with Crippen LogP contribution in [0.4, 0.5) is 0 Å². The van der Waals surface area contributed by atoms with Crippen LogP contribution in [0.1, 0.15) is 33.6 Å². The number of carbonyl (C=O) groups excluding carboxylic acids is 1. The highest BCUT2D eigenvalue weighted by molar-refractivity contribution is 6.09. The fourth-order valence-corrected chi connectivity index (χ4v) is 4.05. The Hall–Kier alpha value is -2.98. The van der Waals surface area contributed by atoms with Crippen molar-refractivity contribution in [1.82, 2.24) is 9.88 Å². The Kier molecular flexibility index (Phi) is 3.98. The molecule has 134 valence electrons. The molecule has 0 bridgehead atoms. The predicted octanol–water partition coefficient (Wildman–Crippen LogP) is 4.19. The maximum Gasteiger partial charge on any atom is 0.255 e. The van der Waals surface area contributed by atoms with E-state index in [1.165, 1.54) is 11.1 Å². The number of benzene rings is 2. The molecule has 3 aromatic rings. The lowest BCUT2D eigenvalue weighted by Gasteiger charge is -2.19. The first-order valence-electron chi connectivity index (χ1n) is 9.32. The molecule has 0 saturated carbocycles. The van der Waals surface area contributed by atoms with Crippen molar-refractivity contribution in [3.8, 4) is 0 Å². The average Bonchev–Trinajstić information content (AvgIpc) is 3.17. The second kappa shape index (κ2) is 6.63. The molecule has 0 atom stereocenters. The Morgan fingerprint density at radius 3 is 2.70 bits per heavy atom. The molecule has 2 aliphatic heterocycles. The Morgan fingerprint density at radius 1 is 1.00 bits per heavy atom. The SMILES string of the molecule is O=C(c1ccc(C2=CCOCC2)c2ccccc12)N1Cc2cccnc2C1. The topological polar surface area (TPSA) is 42.4 Å². The average molecular weight is 356 g/mol. The number of hydrogen-bond donors (Lipinski definition) is 0. The highest BCUT2D eigenvalue weighted by atomic mass is 16.5. The van der Waals surface area contributed by atoms with Crippen LogP contribution < -0.4 is 0 Å². The summed E-state index contributed by atoms with van der Waals surface area (Å²) in [4.78, 5) is 19.6. The van der Waals surface area contributed by atoms with Crippen LogP contribution in [0.3, 0.4) is 0 Å². The summed E-state index contributed by atoms with van der Waals surface area (Å²) in [6, 6.07) is 16.2. The number of amides is 1. The molecule has 0 radical (unpaired) electrons. The second-order valence-corrected chi connectivity index (χ2v) is 7.03. The maximum absolute atomic E-state index is 13.3. The molecule has 5 rings (SSSR count). The van der Waals surface area contributed by atoms with Gasteiger partial charge in [-0.05, 0) is 46.0 Å². The van der Waals surface area contributed by atoms with Crippen molar-refractivity contribution in [2.45, 2.75) is 19.5 Å². The maximum atomic E-state index is 13.3. The van der Waals surface area contributed by atoms with Crippen LogP contribution in [0.25, 0.3) is 16.3 Å². The summed E-state index contributed by atoms with van der Waals surface area (Å²) >= 11 is 0. The summed E-state index contributed by atoms with van der Waals surface area (Å²) in [6.07, 6.45) is 4.85. The van der Waals surface area contributed by atoms with Crippen LogP contribution in [-0.4, -0.2) is 29.0 Å². The molecule has 0 spiro atoms. The lowest BCUT2D eigenvalue weighted by Crippen LogP contribution is -2.25. The third-order valence-electron chi connectivity index (χ3n) is 5.44. The Bertz CT molecular complexity index is 1050. The van der Waals surface area contributed by atoms with Crippen LogP contribution in [0.5, 0.6) is 0 Å². The normalized spacial score (nSPS) is 16.3. The number of carbonyl (C=O) groups is 1. The molecule has 0 fully saturated rings. The van der Waals surface area contributed by atoms with Gasteiger partial charge in [0.2, 0.25) is 0 Å². The van der Waals surface area contributed by atoms with Gasteiger partial charge in [-0.15, -0.1) is 0 Å². The van der Waals surface area contributed by atoms with Crippen molar-refractivity contribution >= 4 is 22.3 Å². The van der Waals surface area contributed by atoms with Gasteiger partial charge in [0.25, 0.3) is 5.91 Å². The molecule has 0 N–H and O–H groups in total. The smallest absolute Gasteiger partial charge is 0.255 e. The lowest BCUT2D eigenvalue weighted by molar-refractivity contribution is 0.0752. The first-order chi connectivity index (χ1) is 13.3. The molecule has 0 aliphatic carbocycles. The van der Waals surface area contributed by atoms with Crippen LogP contribution >= 0.6 is 0 Å². The molecule has 2 aromatic carbocycles. The lowest BCUT2D eigenvalue weighted by atomic mass is 9.92. The molecule has 2 aliphatic rings. The quantitative estimate of drug-likeness (QED) is 0.691. The Labute approximate surface area is 158 Å². The van der Waals surface area contributed by atoms with Gasteiger partial charge in [-0.3, -0.25) is 9.78 Å². The van der Waals surface area contributed by atoms with Crippen LogP contribution in [-0.2, 0) is 17.8 Å². The van der Waals surface area contributed by atoms with Crippen LogP contribution in [0.15, 0.2) is 60.8 Å². The van der Waals surface area contributed by atoms with Crippen molar-refractivity contribution in [2.24, 2.45) is 0 Å². The number of fused-ring (bicyclic) bond motifs is 2. The van der Waals surface area contributed by atoms with Gasteiger partial charge in [0.1, 0.15) is 0 Å². The molecule has 27 heavy (non-hydrogen) atoms. The summed E-state index contributed by atoms with van der Waals surface area (Å²) in [5.74, 6) is 0.0664. The molecular weight excluding hydrogens is 336 g/mol. The minimum Gasteiger partial charge on any atom is -0.377 e. The van der Waals surface area contributed by atoms with Gasteiger partial charge in [-0.1, -0.05) is 42.5 Å². The summed E-state index contributed by atoms with van der Waals surface area (Å²) in [5.41, 5.74) is 5.40. The standard InChI is InChI=1S/C23H20N2O2/c26-23(25-14-17-4-3-11-24-22(17)15-25)21-8-7-18(16-9-12-27-13-10-16)19-5-1-2-6-20(19)21/h1-9,11H,10,12-15H2. The molecule has 0 unspecified atom stereocenters. The van der Waals surface area contributed by atoms with E-state index in [0.29, 0.717) is 19.7 Å². The number of nitrogens with zero attached hydrogens (tertiary/aromatic N) is 2. The van der Waals surface area contributed by atoms with Crippen molar-refractivity contribution < 1.29 is 9.53 Å². The fourth-order valence-electron chi connectivity index (χ4n) is 4.05. The molecule has 3 heterocycles. The van der Waals surface area contributed by atoms with E-state index < -0.39 is 0 Å². The molecule has 1 amide bonds. The van der Waals surface area contributed by atoms with Gasteiger partial charge >= 0.3 is 0 Å². The van der Waals surface area contributed by atoms with Gasteiger partial charge < -0.3 is 9.64 Å². The van der Waals surface area contributed by atoms with Crippen LogP contribution in [0.2, 0.25) is 0 Å². The number of aromatic nitrogens is 1. The molecule has 0 saturated heterocycles. The second-order valence-electron chi connectivity index (χ2n) is 7.03. The van der Waals surface area contributed by atoms with E-state index in [1.807, 2.05) is 35.2 Å². The fraction of sp³-hybridized carbons (Fsp3) is 0.217. The zero-order valence-electron chi connectivity index (χ0n) is 15.0. The van der Waals surface area contributed by atoms with E-state index in [0.717, 1.165) is 40.6 Å². The molecule has 1 aromatic heterocycles. The van der Waals surface area contributed by atoms with Crippen molar-refractivity contribution in [3.63, 3.8) is 0 Å². The van der Waals surface area contributed by atoms with Crippen molar-refractivity contribution in [2.75, 3.05) is 13.2 Å². The van der Waals surface area contributed by atoms with Gasteiger partial charge in [0, 0.05) is 18.3 Å². The van der Waals surface area contributed by atoms with Gasteiger partial charge in [0.15, 0.2) is 0 Å². The van der Waals surface area contributed by atoms with Gasteiger partial charge in [0.05, 0.1) is 25.5 Å². The minimum absolute atomic E-state index is 0.0664. The van der Waals surface area contributed by atoms with E-state index >= 15 is 0 Å². The summed E-state index contributed by atoms with van der Waals surface area (Å²) in [6.45, 7) is 2.61. The molecular formula is C23H20N2O2. The van der Waals surface area contributed by atoms with E-state index in [1.54, 1.807) is 6.20 Å². The van der Waals surface area contributed by atoms with E-state index in [2.05, 4.69) is 29.3 Å². The van der Waals surface area contributed by atoms with E-state index in [-0.39, 0.29) is 5.91 Å². The number of rotatable bonds is 2. The number of ether oxygens (including phenoxy) is 1. The van der Waals surface area contributed by atoms with Crippen LogP contribution in [0, 0.1) is 0 Å². The predicted molar refractivity (Wildman–Crippen MR) is 105 cm³/mol. The van der Waals surface area contributed by atoms with E-state index in [4.69, 9.17) is 4.74 Å². The Morgan fingerprint density at radius 2 is 1.89 bits per heavy atom. The highest BCUT2D eigenvalue weighted by Crippen LogP contribution is 2.32. The van der Waals surface area contributed by atoms with Gasteiger partial charge in [-0.2, -0.15) is 0 Å². The molecule has 4 nitrogen and oxygen atoms in total. The Balaban J connectivity index is 1.55. The number of hydrogen-bond acceptors (Lipinski definition) is 3. The van der Waals surface area contributed by atoms with Crippen molar-refractivity contribution in [1.29, 1.82) is 0 Å². The highest BCUT2D eigenvalue weighted by Gasteiger charge is 2.26. The first kappa shape index (κ1) is 16.2. The summed E-state index contributed by atoms with van der Waals surface area (Å²) in [7, 11) is 0. The monoisotopic (exact) mass is 356 g/mol.